The van der Waals surface area contributed by atoms with Gasteiger partial charge in [0.15, 0.2) is 0 Å². The van der Waals surface area contributed by atoms with E-state index in [2.05, 4.69) is 10.6 Å². The Kier molecular flexibility index (Phi) is 9.62. The maximum Gasteiger partial charge on any atom is 0.388 e. The van der Waals surface area contributed by atoms with Crippen molar-refractivity contribution in [2.24, 2.45) is 0 Å². The van der Waals surface area contributed by atoms with E-state index < -0.39 is 23.3 Å². The minimum Gasteiger partial charge on any atom is -0.378 e. The molecule has 9 nitrogen and oxygen atoms in total. The first-order valence-corrected chi connectivity index (χ1v) is 13.2. The zero-order valence-electron chi connectivity index (χ0n) is 21.9. The van der Waals surface area contributed by atoms with Crippen molar-refractivity contribution in [1.82, 2.24) is 20.0 Å². The van der Waals surface area contributed by atoms with Gasteiger partial charge in [0.2, 0.25) is 5.91 Å². The molecule has 2 fully saturated rings. The number of para-hydroxylation sites is 1. The highest BCUT2D eigenvalue weighted by Crippen LogP contribution is 2.29. The summed E-state index contributed by atoms with van der Waals surface area (Å²) in [5, 5.41) is 5.90. The molecule has 1 aromatic rings. The van der Waals surface area contributed by atoms with Crippen LogP contribution in [-0.4, -0.2) is 80.5 Å². The van der Waals surface area contributed by atoms with Gasteiger partial charge in [-0.15, -0.1) is 0 Å². The number of rotatable bonds is 9. The Morgan fingerprint density at radius 1 is 1.03 bits per heavy atom. The van der Waals surface area contributed by atoms with E-state index in [9.17, 15) is 19.2 Å². The number of Topliss-reactive ketones (excluding diaryl/α,β-unsaturated/α-hetero) is 1. The molecule has 9 heteroatoms. The van der Waals surface area contributed by atoms with E-state index in [1.807, 2.05) is 37.3 Å². The molecule has 4 amide bonds. The third-order valence-corrected chi connectivity index (χ3v) is 7.37. The fraction of sp³-hybridized carbons (Fsp3) is 0.630. The van der Waals surface area contributed by atoms with Gasteiger partial charge in [0.05, 0.1) is 27.3 Å². The van der Waals surface area contributed by atoms with Crippen LogP contribution in [0, 0.1) is 0 Å². The van der Waals surface area contributed by atoms with E-state index in [-0.39, 0.29) is 16.4 Å². The highest BCUT2D eigenvalue weighted by Gasteiger charge is 2.45. The van der Waals surface area contributed by atoms with Crippen molar-refractivity contribution in [2.45, 2.75) is 69.9 Å². The molecule has 1 heterocycles. The first-order chi connectivity index (χ1) is 17.2. The summed E-state index contributed by atoms with van der Waals surface area (Å²) in [6.07, 6.45) is 5.49. The van der Waals surface area contributed by atoms with Crippen molar-refractivity contribution in [3.05, 3.63) is 30.3 Å². The zero-order valence-corrected chi connectivity index (χ0v) is 21.9. The summed E-state index contributed by atoms with van der Waals surface area (Å²) in [5.74, 6) is -1.58. The molecular weight excluding hydrogens is 460 g/mol. The predicted octanol–water partition coefficient (Wildman–Crippen LogP) is 2.77. The van der Waals surface area contributed by atoms with Crippen molar-refractivity contribution in [1.29, 1.82) is 0 Å². The molecule has 1 saturated heterocycles. The van der Waals surface area contributed by atoms with Crippen LogP contribution in [0.5, 0.6) is 0 Å². The Morgan fingerprint density at radius 2 is 1.67 bits per heavy atom. The van der Waals surface area contributed by atoms with Gasteiger partial charge in [0.1, 0.15) is 17.3 Å². The van der Waals surface area contributed by atoms with Crippen LogP contribution in [0.1, 0.15) is 58.3 Å². The van der Waals surface area contributed by atoms with Gasteiger partial charge < -0.3 is 20.3 Å². The highest BCUT2D eigenvalue weighted by atomic mass is 16.5. The number of quaternary nitrogens is 1. The monoisotopic (exact) mass is 501 g/mol. The number of unbranched alkanes of at least 4 members (excludes halogenated alkanes) is 1. The third kappa shape index (κ3) is 6.50. The predicted molar refractivity (Wildman–Crippen MR) is 138 cm³/mol. The minimum atomic E-state index is -1.09. The number of benzene rings is 1. The average molecular weight is 502 g/mol. The van der Waals surface area contributed by atoms with Gasteiger partial charge in [-0.3, -0.25) is 9.59 Å². The van der Waals surface area contributed by atoms with Crippen LogP contribution in [0.2, 0.25) is 0 Å². The lowest BCUT2D eigenvalue weighted by atomic mass is 9.80. The first-order valence-electron chi connectivity index (χ1n) is 13.2. The van der Waals surface area contributed by atoms with Gasteiger partial charge in [-0.2, -0.15) is 0 Å². The maximum atomic E-state index is 13.7. The number of hydrogen-bond acceptors (Lipinski definition) is 5. The lowest BCUT2D eigenvalue weighted by molar-refractivity contribution is -0.145. The van der Waals surface area contributed by atoms with Gasteiger partial charge in [0, 0.05) is 13.1 Å². The quantitative estimate of drug-likeness (QED) is 0.400. The van der Waals surface area contributed by atoms with Gasteiger partial charge >= 0.3 is 11.9 Å². The number of carbonyl (C=O) groups is 4. The van der Waals surface area contributed by atoms with E-state index in [1.54, 1.807) is 19.0 Å². The molecule has 1 aliphatic carbocycles. The van der Waals surface area contributed by atoms with Crippen LogP contribution in [0.4, 0.5) is 10.5 Å². The highest BCUT2D eigenvalue weighted by molar-refractivity contribution is 6.41. The molecule has 1 aromatic carbocycles. The summed E-state index contributed by atoms with van der Waals surface area (Å²) >= 11 is 0. The van der Waals surface area contributed by atoms with Crippen molar-refractivity contribution < 1.29 is 23.9 Å². The second kappa shape index (κ2) is 12.5. The Hall–Kier alpha value is -2.78. The zero-order chi connectivity index (χ0) is 26.2. The molecule has 0 spiro atoms. The van der Waals surface area contributed by atoms with E-state index in [0.29, 0.717) is 57.7 Å². The number of urea groups is 1. The number of carbonyl (C=O) groups excluding carboxylic acids is 4. The largest absolute Gasteiger partial charge is 0.388 e. The molecule has 0 aromatic heterocycles. The molecular formula is C27H41N4O5+. The van der Waals surface area contributed by atoms with Crippen LogP contribution in [0.25, 0.3) is 0 Å². The van der Waals surface area contributed by atoms with Gasteiger partial charge in [-0.05, 0) is 31.4 Å². The molecule has 1 saturated carbocycles. The Labute approximate surface area is 214 Å². The van der Waals surface area contributed by atoms with Gasteiger partial charge in [-0.25, -0.2) is 14.1 Å². The fourth-order valence-corrected chi connectivity index (χ4v) is 4.93. The van der Waals surface area contributed by atoms with Crippen LogP contribution < -0.4 is 15.1 Å². The molecule has 1 aliphatic heterocycles. The van der Waals surface area contributed by atoms with Crippen LogP contribution >= 0.6 is 0 Å². The van der Waals surface area contributed by atoms with Crippen molar-refractivity contribution in [3.63, 3.8) is 0 Å². The minimum absolute atomic E-state index is 0.239. The molecule has 2 N–H and O–H groups in total. The Balaban J connectivity index is 1.79. The number of nitrogens with one attached hydrogen (secondary N) is 2. The standard InChI is InChI=1S/C27H40N4O5/c1-4-5-14-22(23(32)24(33)31(2,3)21-12-8-6-9-13-21)28-25(34)27(15-10-7-11-16-27)29-26(35)30-17-19-36-20-18-30/h6,8-9,12-13,22H,4-5,7,10-11,14-20H2,1-3H3,(H-,28,29,34,35)/p+1/t22-/m0/s1. The SMILES string of the molecule is CCCC[C@H](NC(=O)C1(NC(=O)N2CCOCC2)CCCCC1)C(=O)C(=O)[N+](C)(C)c1ccccc1. The Bertz CT molecular complexity index is 921. The second-order valence-electron chi connectivity index (χ2n) is 10.3. The summed E-state index contributed by atoms with van der Waals surface area (Å²) in [6.45, 7) is 3.89. The number of likely N-dealkylation sites (N-methyl/N-ethyl adjacent to an activating group) is 1. The smallest absolute Gasteiger partial charge is 0.378 e. The summed E-state index contributed by atoms with van der Waals surface area (Å²) in [7, 11) is 3.36. The summed E-state index contributed by atoms with van der Waals surface area (Å²) in [6, 6.07) is 7.90. The Morgan fingerprint density at radius 3 is 2.28 bits per heavy atom. The maximum absolute atomic E-state index is 13.7. The van der Waals surface area contributed by atoms with E-state index in [1.165, 1.54) is 0 Å². The van der Waals surface area contributed by atoms with Crippen molar-refractivity contribution >= 4 is 29.3 Å². The van der Waals surface area contributed by atoms with E-state index in [0.717, 1.165) is 25.7 Å². The number of ether oxygens (including phenoxy) is 1. The van der Waals surface area contributed by atoms with E-state index >= 15 is 0 Å². The van der Waals surface area contributed by atoms with E-state index in [4.69, 9.17) is 4.74 Å². The molecule has 0 unspecified atom stereocenters. The lowest BCUT2D eigenvalue weighted by Crippen LogP contribution is -2.65. The fourth-order valence-electron chi connectivity index (χ4n) is 4.93. The summed E-state index contributed by atoms with van der Waals surface area (Å²) < 4.78 is 5.10. The molecule has 198 valence electrons. The summed E-state index contributed by atoms with van der Waals surface area (Å²) in [5.41, 5.74) is -0.399. The number of nitrogens with zero attached hydrogens (tertiary/aromatic N) is 2. The van der Waals surface area contributed by atoms with Crippen LogP contribution in [-0.2, 0) is 19.1 Å². The second-order valence-corrected chi connectivity index (χ2v) is 10.3. The average Bonchev–Trinajstić information content (AvgIpc) is 2.91. The number of morpholine rings is 1. The molecule has 3 rings (SSSR count). The first kappa shape index (κ1) is 27.8. The summed E-state index contributed by atoms with van der Waals surface area (Å²) in [4.78, 5) is 55.3. The lowest BCUT2D eigenvalue weighted by Gasteiger charge is -2.39. The number of hydrogen-bond donors (Lipinski definition) is 2. The molecule has 36 heavy (non-hydrogen) atoms. The number of amides is 4. The molecule has 2 aliphatic rings. The molecule has 0 radical (unpaired) electrons. The number of ketones is 1. The van der Waals surface area contributed by atoms with Crippen LogP contribution in [0.3, 0.4) is 0 Å². The molecule has 0 bridgehead atoms. The third-order valence-electron chi connectivity index (χ3n) is 7.37. The van der Waals surface area contributed by atoms with Crippen LogP contribution in [0.15, 0.2) is 30.3 Å². The topological polar surface area (TPSA) is 105 Å². The van der Waals surface area contributed by atoms with Crippen molar-refractivity contribution in [3.8, 4) is 0 Å². The normalized spacial score (nSPS) is 18.7. The van der Waals surface area contributed by atoms with Crippen molar-refractivity contribution in [2.75, 3.05) is 40.4 Å². The van der Waals surface area contributed by atoms with Gasteiger partial charge in [0.25, 0.3) is 5.78 Å². The van der Waals surface area contributed by atoms with Gasteiger partial charge in [-0.1, -0.05) is 57.2 Å². The molecule has 1 atom stereocenters.